The van der Waals surface area contributed by atoms with Gasteiger partial charge < -0.3 is 19.4 Å². The normalized spacial score (nSPS) is 14.2. The Morgan fingerprint density at radius 2 is 1.95 bits per heavy atom. The van der Waals surface area contributed by atoms with Crippen LogP contribution in [-0.4, -0.2) is 34.3 Å². The number of methoxy groups -OCH3 is 1. The molecular weight excluding hydrogens is 274 g/mol. The number of rotatable bonds is 4. The standard InChI is InChI=1S/C14H23N3O4/c1-9(16-13(19)21-14(3,4)5)11-7-15-8-17(11)10(2)12(18)20-6/h7-10H,1-6H3,(H,16,19)/t9-,10?/m1/s1. The van der Waals surface area contributed by atoms with Crippen molar-refractivity contribution in [2.75, 3.05) is 7.11 Å². The fraction of sp³-hybridized carbons (Fsp3) is 0.643. The molecule has 118 valence electrons. The molecule has 21 heavy (non-hydrogen) atoms. The number of hydrogen-bond donors (Lipinski definition) is 1. The van der Waals surface area contributed by atoms with E-state index in [4.69, 9.17) is 9.47 Å². The number of nitrogens with one attached hydrogen (secondary N) is 1. The first-order valence-corrected chi connectivity index (χ1v) is 6.74. The minimum Gasteiger partial charge on any atom is -0.467 e. The number of esters is 1. The molecule has 1 aromatic rings. The first-order chi connectivity index (χ1) is 9.65. The number of carbonyl (C=O) groups is 2. The van der Waals surface area contributed by atoms with Crippen LogP contribution >= 0.6 is 0 Å². The Bertz CT molecular complexity index is 505. The number of alkyl carbamates (subject to hydrolysis) is 1. The van der Waals surface area contributed by atoms with Gasteiger partial charge in [-0.1, -0.05) is 0 Å². The lowest BCUT2D eigenvalue weighted by Gasteiger charge is -2.23. The molecule has 7 nitrogen and oxygen atoms in total. The highest BCUT2D eigenvalue weighted by molar-refractivity contribution is 5.73. The zero-order chi connectivity index (χ0) is 16.2. The number of ether oxygens (including phenoxy) is 2. The molecule has 0 radical (unpaired) electrons. The molecule has 1 unspecified atom stereocenters. The third kappa shape index (κ3) is 4.77. The molecule has 0 aliphatic rings. The highest BCUT2D eigenvalue weighted by atomic mass is 16.6. The molecule has 0 saturated heterocycles. The average molecular weight is 297 g/mol. The number of nitrogens with zero attached hydrogens (tertiary/aromatic N) is 2. The van der Waals surface area contributed by atoms with Crippen LogP contribution in [0.5, 0.6) is 0 Å². The van der Waals surface area contributed by atoms with E-state index in [1.54, 1.807) is 45.4 Å². The molecular formula is C14H23N3O4. The molecule has 1 amide bonds. The van der Waals surface area contributed by atoms with Crippen LogP contribution in [0.2, 0.25) is 0 Å². The highest BCUT2D eigenvalue weighted by Crippen LogP contribution is 2.18. The number of amides is 1. The first-order valence-electron chi connectivity index (χ1n) is 6.74. The van der Waals surface area contributed by atoms with E-state index in [1.165, 1.54) is 13.4 Å². The molecule has 0 aliphatic heterocycles. The Morgan fingerprint density at radius 1 is 1.33 bits per heavy atom. The Labute approximate surface area is 124 Å². The molecule has 1 N–H and O–H groups in total. The van der Waals surface area contributed by atoms with Crippen molar-refractivity contribution in [1.29, 1.82) is 0 Å². The third-order valence-electron chi connectivity index (χ3n) is 2.83. The Morgan fingerprint density at radius 3 is 2.48 bits per heavy atom. The second-order valence-corrected chi connectivity index (χ2v) is 5.79. The van der Waals surface area contributed by atoms with Crippen LogP contribution in [0.3, 0.4) is 0 Å². The summed E-state index contributed by atoms with van der Waals surface area (Å²) in [4.78, 5) is 27.4. The minimum atomic E-state index is -0.566. The minimum absolute atomic E-state index is 0.352. The summed E-state index contributed by atoms with van der Waals surface area (Å²) in [6.45, 7) is 8.88. The molecule has 0 spiro atoms. The van der Waals surface area contributed by atoms with Crippen molar-refractivity contribution in [1.82, 2.24) is 14.9 Å². The van der Waals surface area contributed by atoms with Gasteiger partial charge in [0.05, 0.1) is 31.4 Å². The summed E-state index contributed by atoms with van der Waals surface area (Å²) in [5, 5.41) is 2.72. The van der Waals surface area contributed by atoms with Crippen molar-refractivity contribution in [2.45, 2.75) is 52.3 Å². The lowest BCUT2D eigenvalue weighted by molar-refractivity contribution is -0.144. The summed E-state index contributed by atoms with van der Waals surface area (Å²) in [6, 6.07) is -0.871. The zero-order valence-electron chi connectivity index (χ0n) is 13.3. The number of aromatic nitrogens is 2. The number of carbonyl (C=O) groups excluding carboxylic acids is 2. The fourth-order valence-corrected chi connectivity index (χ4v) is 1.82. The molecule has 0 aliphatic carbocycles. The Hall–Kier alpha value is -2.05. The molecule has 0 aromatic carbocycles. The number of hydrogen-bond acceptors (Lipinski definition) is 5. The van der Waals surface area contributed by atoms with Crippen LogP contribution in [0, 0.1) is 0 Å². The second-order valence-electron chi connectivity index (χ2n) is 5.79. The first kappa shape index (κ1) is 17.0. The summed E-state index contributed by atoms with van der Waals surface area (Å²) in [5.74, 6) is -0.376. The lowest BCUT2D eigenvalue weighted by Crippen LogP contribution is -2.35. The fourth-order valence-electron chi connectivity index (χ4n) is 1.82. The van der Waals surface area contributed by atoms with Gasteiger partial charge in [-0.2, -0.15) is 0 Å². The van der Waals surface area contributed by atoms with Gasteiger partial charge in [0.2, 0.25) is 0 Å². The summed E-state index contributed by atoms with van der Waals surface area (Å²) < 4.78 is 11.6. The van der Waals surface area contributed by atoms with Crippen molar-refractivity contribution >= 4 is 12.1 Å². The van der Waals surface area contributed by atoms with Gasteiger partial charge >= 0.3 is 12.1 Å². The van der Waals surface area contributed by atoms with E-state index < -0.39 is 17.7 Å². The number of imidazole rings is 1. The van der Waals surface area contributed by atoms with Gasteiger partial charge in [0.25, 0.3) is 0 Å². The summed E-state index contributed by atoms with van der Waals surface area (Å²) in [7, 11) is 1.33. The van der Waals surface area contributed by atoms with Crippen molar-refractivity contribution in [3.05, 3.63) is 18.2 Å². The van der Waals surface area contributed by atoms with Gasteiger partial charge in [0.1, 0.15) is 11.6 Å². The molecule has 0 bridgehead atoms. The van der Waals surface area contributed by atoms with Crippen LogP contribution in [0.15, 0.2) is 12.5 Å². The van der Waals surface area contributed by atoms with Crippen LogP contribution in [0.4, 0.5) is 4.79 Å². The molecule has 1 aromatic heterocycles. The van der Waals surface area contributed by atoms with Gasteiger partial charge in [-0.25, -0.2) is 14.6 Å². The van der Waals surface area contributed by atoms with E-state index >= 15 is 0 Å². The van der Waals surface area contributed by atoms with Crippen LogP contribution in [0.25, 0.3) is 0 Å². The molecule has 1 heterocycles. The summed E-state index contributed by atoms with van der Waals surface area (Å²) in [5.41, 5.74) is 0.127. The van der Waals surface area contributed by atoms with Crippen molar-refractivity contribution in [3.63, 3.8) is 0 Å². The Kier molecular flexibility index (Phi) is 5.34. The van der Waals surface area contributed by atoms with E-state index in [2.05, 4.69) is 10.3 Å². The van der Waals surface area contributed by atoms with Crippen LogP contribution in [0.1, 0.15) is 52.4 Å². The van der Waals surface area contributed by atoms with Crippen molar-refractivity contribution in [3.8, 4) is 0 Å². The lowest BCUT2D eigenvalue weighted by atomic mass is 10.2. The molecule has 7 heteroatoms. The van der Waals surface area contributed by atoms with Crippen LogP contribution in [-0.2, 0) is 14.3 Å². The summed E-state index contributed by atoms with van der Waals surface area (Å²) in [6.07, 6.45) is 2.61. The smallest absolute Gasteiger partial charge is 0.408 e. The molecule has 0 fully saturated rings. The van der Waals surface area contributed by atoms with E-state index in [0.717, 1.165) is 0 Å². The van der Waals surface area contributed by atoms with Crippen molar-refractivity contribution < 1.29 is 19.1 Å². The van der Waals surface area contributed by atoms with Gasteiger partial charge in [-0.3, -0.25) is 0 Å². The van der Waals surface area contributed by atoms with Crippen molar-refractivity contribution in [2.24, 2.45) is 0 Å². The van der Waals surface area contributed by atoms with Gasteiger partial charge in [0.15, 0.2) is 0 Å². The maximum Gasteiger partial charge on any atom is 0.408 e. The third-order valence-corrected chi connectivity index (χ3v) is 2.83. The van der Waals surface area contributed by atoms with Gasteiger partial charge in [0, 0.05) is 0 Å². The van der Waals surface area contributed by atoms with Gasteiger partial charge in [-0.15, -0.1) is 0 Å². The molecule has 0 saturated carbocycles. The predicted octanol–water partition coefficient (Wildman–Crippen LogP) is 2.20. The highest BCUT2D eigenvalue weighted by Gasteiger charge is 2.23. The van der Waals surface area contributed by atoms with Gasteiger partial charge in [-0.05, 0) is 34.6 Å². The maximum absolute atomic E-state index is 11.8. The molecule has 1 rings (SSSR count). The van der Waals surface area contributed by atoms with E-state index in [1.807, 2.05) is 0 Å². The maximum atomic E-state index is 11.8. The van der Waals surface area contributed by atoms with E-state index in [9.17, 15) is 9.59 Å². The molecule has 2 atom stereocenters. The zero-order valence-corrected chi connectivity index (χ0v) is 13.3. The summed E-state index contributed by atoms with van der Waals surface area (Å²) >= 11 is 0. The quantitative estimate of drug-likeness (QED) is 0.861. The van der Waals surface area contributed by atoms with E-state index in [-0.39, 0.29) is 12.0 Å². The Balaban J connectivity index is 2.80. The second kappa shape index (κ2) is 6.60. The SMILES string of the molecule is COC(=O)C(C)n1cncc1[C@@H](C)NC(=O)OC(C)(C)C. The monoisotopic (exact) mass is 297 g/mol. The topological polar surface area (TPSA) is 82.5 Å². The predicted molar refractivity (Wildman–Crippen MR) is 76.7 cm³/mol. The average Bonchev–Trinajstić information content (AvgIpc) is 2.83. The van der Waals surface area contributed by atoms with E-state index in [0.29, 0.717) is 5.69 Å². The largest absolute Gasteiger partial charge is 0.467 e. The van der Waals surface area contributed by atoms with Crippen LogP contribution < -0.4 is 5.32 Å².